The van der Waals surface area contributed by atoms with Crippen molar-refractivity contribution in [2.24, 2.45) is 0 Å². The molecule has 1 N–H and O–H groups in total. The van der Waals surface area contributed by atoms with Gasteiger partial charge in [0.1, 0.15) is 11.9 Å². The molecule has 2 aromatic carbocycles. The molecule has 2 aromatic rings. The number of ether oxygens (including phenoxy) is 1. The molecule has 0 heterocycles. The van der Waals surface area contributed by atoms with Crippen molar-refractivity contribution in [2.45, 2.75) is 6.10 Å². The van der Waals surface area contributed by atoms with E-state index in [9.17, 15) is 5.11 Å². The number of hydrogen-bond donors (Lipinski definition) is 1. The molecule has 1 atom stereocenters. The Morgan fingerprint density at radius 3 is 2.16 bits per heavy atom. The van der Waals surface area contributed by atoms with E-state index in [4.69, 9.17) is 39.5 Å². The van der Waals surface area contributed by atoms with E-state index in [-0.39, 0.29) is 0 Å². The Hall–Kier alpha value is -0.930. The normalized spacial score (nSPS) is 12.3. The lowest BCUT2D eigenvalue weighted by Gasteiger charge is -2.17. The Kier molecular flexibility index (Phi) is 4.58. The highest BCUT2D eigenvalue weighted by atomic mass is 35.5. The second-order valence-electron chi connectivity index (χ2n) is 3.95. The van der Waals surface area contributed by atoms with Crippen molar-refractivity contribution in [1.29, 1.82) is 0 Å². The van der Waals surface area contributed by atoms with Crippen LogP contribution in [0.3, 0.4) is 0 Å². The van der Waals surface area contributed by atoms with Gasteiger partial charge in [-0.2, -0.15) is 0 Å². The quantitative estimate of drug-likeness (QED) is 0.886. The average molecular weight is 318 g/mol. The predicted octanol–water partition coefficient (Wildman–Crippen LogP) is 4.74. The van der Waals surface area contributed by atoms with Gasteiger partial charge < -0.3 is 9.84 Å². The standard InChI is InChI=1S/C14H11Cl3O2/c1-19-13-5-3-9(16)7-11(13)14(18)10-6-8(15)2-4-12(10)17/h2-7,14,18H,1H3. The van der Waals surface area contributed by atoms with Gasteiger partial charge in [-0.25, -0.2) is 0 Å². The molecule has 0 aromatic heterocycles. The van der Waals surface area contributed by atoms with Gasteiger partial charge in [0, 0.05) is 26.2 Å². The van der Waals surface area contributed by atoms with Crippen molar-refractivity contribution >= 4 is 34.8 Å². The van der Waals surface area contributed by atoms with E-state index in [2.05, 4.69) is 0 Å². The third kappa shape index (κ3) is 3.15. The molecule has 0 saturated heterocycles. The zero-order valence-corrected chi connectivity index (χ0v) is 12.3. The first kappa shape index (κ1) is 14.5. The van der Waals surface area contributed by atoms with Crippen molar-refractivity contribution in [2.75, 3.05) is 7.11 Å². The van der Waals surface area contributed by atoms with E-state index in [1.807, 2.05) is 0 Å². The van der Waals surface area contributed by atoms with Gasteiger partial charge in [-0.3, -0.25) is 0 Å². The van der Waals surface area contributed by atoms with Gasteiger partial charge in [-0.05, 0) is 36.4 Å². The highest BCUT2D eigenvalue weighted by Gasteiger charge is 2.19. The van der Waals surface area contributed by atoms with E-state index < -0.39 is 6.10 Å². The summed E-state index contributed by atoms with van der Waals surface area (Å²) < 4.78 is 5.22. The summed E-state index contributed by atoms with van der Waals surface area (Å²) in [5.41, 5.74) is 1.05. The fraction of sp³-hybridized carbons (Fsp3) is 0.143. The molecule has 0 aliphatic rings. The molecular weight excluding hydrogens is 307 g/mol. The molecule has 0 aliphatic heterocycles. The number of rotatable bonds is 3. The summed E-state index contributed by atoms with van der Waals surface area (Å²) in [5.74, 6) is 0.535. The number of halogens is 3. The highest BCUT2D eigenvalue weighted by molar-refractivity contribution is 6.33. The van der Waals surface area contributed by atoms with Crippen molar-refractivity contribution < 1.29 is 9.84 Å². The van der Waals surface area contributed by atoms with Crippen molar-refractivity contribution in [1.82, 2.24) is 0 Å². The minimum Gasteiger partial charge on any atom is -0.496 e. The fourth-order valence-corrected chi connectivity index (χ4v) is 2.39. The summed E-state index contributed by atoms with van der Waals surface area (Å²) in [5, 5.41) is 11.9. The Balaban J connectivity index is 2.51. The molecule has 0 spiro atoms. The van der Waals surface area contributed by atoms with E-state index in [1.165, 1.54) is 7.11 Å². The topological polar surface area (TPSA) is 29.5 Å². The van der Waals surface area contributed by atoms with Gasteiger partial charge in [-0.1, -0.05) is 34.8 Å². The summed E-state index contributed by atoms with van der Waals surface area (Å²) in [7, 11) is 1.53. The highest BCUT2D eigenvalue weighted by Crippen LogP contribution is 2.36. The van der Waals surface area contributed by atoms with Gasteiger partial charge in [-0.15, -0.1) is 0 Å². The van der Waals surface area contributed by atoms with Crippen LogP contribution in [0.5, 0.6) is 5.75 Å². The lowest BCUT2D eigenvalue weighted by molar-refractivity contribution is 0.215. The van der Waals surface area contributed by atoms with Gasteiger partial charge in [0.05, 0.1) is 7.11 Å². The molecule has 19 heavy (non-hydrogen) atoms. The maximum atomic E-state index is 10.5. The van der Waals surface area contributed by atoms with Crippen LogP contribution in [-0.2, 0) is 0 Å². The second kappa shape index (κ2) is 6.02. The van der Waals surface area contributed by atoms with Gasteiger partial charge in [0.2, 0.25) is 0 Å². The number of hydrogen-bond acceptors (Lipinski definition) is 2. The van der Waals surface area contributed by atoms with E-state index in [0.717, 1.165) is 0 Å². The predicted molar refractivity (Wildman–Crippen MR) is 78.5 cm³/mol. The SMILES string of the molecule is COc1ccc(Cl)cc1C(O)c1cc(Cl)ccc1Cl. The molecule has 0 aliphatic carbocycles. The largest absolute Gasteiger partial charge is 0.496 e. The van der Waals surface area contributed by atoms with Crippen LogP contribution in [0.25, 0.3) is 0 Å². The summed E-state index contributed by atoms with van der Waals surface area (Å²) >= 11 is 18.0. The molecule has 2 nitrogen and oxygen atoms in total. The molecule has 1 unspecified atom stereocenters. The van der Waals surface area contributed by atoms with Crippen LogP contribution in [-0.4, -0.2) is 12.2 Å². The third-order valence-electron chi connectivity index (χ3n) is 2.74. The monoisotopic (exact) mass is 316 g/mol. The third-order valence-corrected chi connectivity index (χ3v) is 3.55. The maximum Gasteiger partial charge on any atom is 0.125 e. The van der Waals surface area contributed by atoms with Crippen molar-refractivity contribution in [3.63, 3.8) is 0 Å². The Morgan fingerprint density at radius 2 is 1.53 bits per heavy atom. The van der Waals surface area contributed by atoms with Crippen LogP contribution in [0.1, 0.15) is 17.2 Å². The van der Waals surface area contributed by atoms with Crippen LogP contribution in [0.15, 0.2) is 36.4 Å². The van der Waals surface area contributed by atoms with Gasteiger partial charge >= 0.3 is 0 Å². The van der Waals surface area contributed by atoms with Crippen LogP contribution in [0.2, 0.25) is 15.1 Å². The molecule has 0 saturated carbocycles. The Morgan fingerprint density at radius 1 is 0.947 bits per heavy atom. The van der Waals surface area contributed by atoms with E-state index >= 15 is 0 Å². The zero-order valence-electron chi connectivity index (χ0n) is 10.0. The minimum atomic E-state index is -0.958. The lowest BCUT2D eigenvalue weighted by Crippen LogP contribution is -2.03. The molecule has 0 bridgehead atoms. The summed E-state index contributed by atoms with van der Waals surface area (Å²) in [4.78, 5) is 0. The molecule has 100 valence electrons. The number of aliphatic hydroxyl groups excluding tert-OH is 1. The first-order valence-corrected chi connectivity index (χ1v) is 6.62. The second-order valence-corrected chi connectivity index (χ2v) is 5.23. The summed E-state index contributed by atoms with van der Waals surface area (Å²) in [6.45, 7) is 0. The lowest BCUT2D eigenvalue weighted by atomic mass is 10.0. The van der Waals surface area contributed by atoms with Crippen molar-refractivity contribution in [3.8, 4) is 5.75 Å². The Labute approximate surface area is 126 Å². The number of aliphatic hydroxyl groups is 1. The van der Waals surface area contributed by atoms with Gasteiger partial charge in [0.25, 0.3) is 0 Å². The average Bonchev–Trinajstić information content (AvgIpc) is 2.40. The first-order valence-electron chi connectivity index (χ1n) is 5.49. The number of methoxy groups -OCH3 is 1. The van der Waals surface area contributed by atoms with Crippen molar-refractivity contribution in [3.05, 3.63) is 62.6 Å². The van der Waals surface area contributed by atoms with E-state index in [0.29, 0.717) is 31.9 Å². The van der Waals surface area contributed by atoms with Crippen LogP contribution < -0.4 is 4.74 Å². The van der Waals surface area contributed by atoms with Gasteiger partial charge in [0.15, 0.2) is 0 Å². The van der Waals surface area contributed by atoms with Crippen LogP contribution in [0.4, 0.5) is 0 Å². The summed E-state index contributed by atoms with van der Waals surface area (Å²) in [6.07, 6.45) is -0.958. The van der Waals surface area contributed by atoms with Crippen LogP contribution >= 0.6 is 34.8 Å². The minimum absolute atomic E-state index is 0.430. The molecular formula is C14H11Cl3O2. The first-order chi connectivity index (χ1) is 9.02. The molecule has 0 radical (unpaired) electrons. The smallest absolute Gasteiger partial charge is 0.125 e. The fourth-order valence-electron chi connectivity index (χ4n) is 1.81. The summed E-state index contributed by atoms with van der Waals surface area (Å²) in [6, 6.07) is 9.95. The van der Waals surface area contributed by atoms with E-state index in [1.54, 1.807) is 36.4 Å². The zero-order chi connectivity index (χ0) is 14.0. The maximum absolute atomic E-state index is 10.5. The molecule has 0 amide bonds. The molecule has 2 rings (SSSR count). The van der Waals surface area contributed by atoms with Crippen LogP contribution in [0, 0.1) is 0 Å². The molecule has 5 heteroatoms. The molecule has 0 fully saturated rings. The number of benzene rings is 2. The Bertz CT molecular complexity index is 599.